The van der Waals surface area contributed by atoms with Crippen molar-refractivity contribution in [2.75, 3.05) is 33.3 Å². The van der Waals surface area contributed by atoms with Crippen LogP contribution in [-0.4, -0.2) is 48.3 Å². The highest BCUT2D eigenvalue weighted by molar-refractivity contribution is 4.90. The number of hydrogen-bond acceptors (Lipinski definition) is 6. The van der Waals surface area contributed by atoms with Gasteiger partial charge < -0.3 is 14.6 Å². The van der Waals surface area contributed by atoms with Crippen LogP contribution in [0.2, 0.25) is 0 Å². The molecule has 132 valence electrons. The van der Waals surface area contributed by atoms with E-state index in [2.05, 4.69) is 34.2 Å². The van der Waals surface area contributed by atoms with Gasteiger partial charge in [0.05, 0.1) is 6.54 Å². The number of aromatic nitrogens is 2. The van der Waals surface area contributed by atoms with Gasteiger partial charge in [0.25, 0.3) is 0 Å². The van der Waals surface area contributed by atoms with Crippen molar-refractivity contribution in [1.29, 1.82) is 0 Å². The maximum Gasteiger partial charge on any atom is 0.240 e. The van der Waals surface area contributed by atoms with Crippen LogP contribution in [0.3, 0.4) is 0 Å². The van der Waals surface area contributed by atoms with Gasteiger partial charge >= 0.3 is 0 Å². The van der Waals surface area contributed by atoms with E-state index < -0.39 is 0 Å². The second kappa shape index (κ2) is 9.35. The molecule has 2 rings (SSSR count). The highest BCUT2D eigenvalue weighted by Gasteiger charge is 2.21. The molecule has 1 aromatic rings. The first-order chi connectivity index (χ1) is 11.1. The summed E-state index contributed by atoms with van der Waals surface area (Å²) < 4.78 is 11.1. The van der Waals surface area contributed by atoms with Gasteiger partial charge in [0.2, 0.25) is 5.89 Å². The fraction of sp³-hybridized carbons (Fsp3) is 0.882. The molecule has 1 aromatic heterocycles. The molecule has 6 heteroatoms. The number of piperidine rings is 1. The Morgan fingerprint density at radius 2 is 2.04 bits per heavy atom. The lowest BCUT2D eigenvalue weighted by Gasteiger charge is -2.30. The molecule has 6 nitrogen and oxygen atoms in total. The first kappa shape index (κ1) is 18.4. The normalized spacial score (nSPS) is 18.7. The molecule has 0 amide bonds. The molecule has 0 spiro atoms. The van der Waals surface area contributed by atoms with E-state index >= 15 is 0 Å². The van der Waals surface area contributed by atoms with Crippen LogP contribution in [-0.2, 0) is 11.3 Å². The number of ether oxygens (including phenoxy) is 1. The summed E-state index contributed by atoms with van der Waals surface area (Å²) in [5.41, 5.74) is 0. The number of nitrogens with one attached hydrogen (secondary N) is 1. The second-order valence-electron chi connectivity index (χ2n) is 7.03. The van der Waals surface area contributed by atoms with Crippen LogP contribution in [0.1, 0.15) is 57.9 Å². The maximum atomic E-state index is 5.74. The Morgan fingerprint density at radius 1 is 1.30 bits per heavy atom. The summed E-state index contributed by atoms with van der Waals surface area (Å²) >= 11 is 0. The van der Waals surface area contributed by atoms with Crippen LogP contribution in [0.5, 0.6) is 0 Å². The zero-order valence-electron chi connectivity index (χ0n) is 15.0. The predicted octanol–water partition coefficient (Wildman–Crippen LogP) is 2.62. The minimum absolute atomic E-state index is 0.109. The molecule has 1 atom stereocenters. The molecule has 23 heavy (non-hydrogen) atoms. The Morgan fingerprint density at radius 3 is 2.70 bits per heavy atom. The molecule has 0 bridgehead atoms. The monoisotopic (exact) mass is 324 g/mol. The topological polar surface area (TPSA) is 63.4 Å². The van der Waals surface area contributed by atoms with Crippen molar-refractivity contribution in [3.8, 4) is 0 Å². The van der Waals surface area contributed by atoms with Crippen molar-refractivity contribution < 1.29 is 9.26 Å². The average molecular weight is 324 g/mol. The third-order valence-electron chi connectivity index (χ3n) is 4.40. The summed E-state index contributed by atoms with van der Waals surface area (Å²) in [7, 11) is 2.02. The largest absolute Gasteiger partial charge is 0.370 e. The summed E-state index contributed by atoms with van der Waals surface area (Å²) in [6.45, 7) is 11.1. The molecule has 2 heterocycles. The van der Waals surface area contributed by atoms with Crippen LogP contribution < -0.4 is 5.32 Å². The van der Waals surface area contributed by atoms with Gasteiger partial charge in [0, 0.05) is 6.61 Å². The van der Waals surface area contributed by atoms with E-state index in [0.717, 1.165) is 32.1 Å². The fourth-order valence-corrected chi connectivity index (χ4v) is 2.88. The van der Waals surface area contributed by atoms with Crippen molar-refractivity contribution in [2.24, 2.45) is 11.8 Å². The van der Waals surface area contributed by atoms with Gasteiger partial charge in [-0.3, -0.25) is 4.90 Å². The first-order valence-electron chi connectivity index (χ1n) is 8.89. The van der Waals surface area contributed by atoms with Gasteiger partial charge in [-0.2, -0.15) is 4.98 Å². The number of rotatable bonds is 9. The Labute approximate surface area is 140 Å². The zero-order valence-corrected chi connectivity index (χ0v) is 15.0. The fourth-order valence-electron chi connectivity index (χ4n) is 2.88. The summed E-state index contributed by atoms with van der Waals surface area (Å²) in [4.78, 5) is 6.91. The van der Waals surface area contributed by atoms with E-state index in [1.54, 1.807) is 0 Å². The number of likely N-dealkylation sites (tertiary alicyclic amines) is 1. The van der Waals surface area contributed by atoms with Gasteiger partial charge in [-0.1, -0.05) is 19.0 Å². The Balaban J connectivity index is 1.74. The summed E-state index contributed by atoms with van der Waals surface area (Å²) in [6.07, 6.45) is 3.69. The van der Waals surface area contributed by atoms with E-state index in [9.17, 15) is 0 Å². The lowest BCUT2D eigenvalue weighted by atomic mass is 9.93. The quantitative estimate of drug-likeness (QED) is 0.753. The molecule has 1 fully saturated rings. The Kier molecular flexibility index (Phi) is 7.46. The smallest absolute Gasteiger partial charge is 0.240 e. The molecular weight excluding hydrogens is 292 g/mol. The Hall–Kier alpha value is -0.980. The number of nitrogens with zero attached hydrogens (tertiary/aromatic N) is 3. The van der Waals surface area contributed by atoms with E-state index in [-0.39, 0.29) is 6.10 Å². The molecule has 1 unspecified atom stereocenters. The predicted molar refractivity (Wildman–Crippen MR) is 90.0 cm³/mol. The molecule has 0 radical (unpaired) electrons. The summed E-state index contributed by atoms with van der Waals surface area (Å²) in [5.74, 6) is 2.72. The molecule has 1 aliphatic heterocycles. The van der Waals surface area contributed by atoms with Crippen molar-refractivity contribution in [3.63, 3.8) is 0 Å². The van der Waals surface area contributed by atoms with Gasteiger partial charge in [0.15, 0.2) is 5.82 Å². The molecule has 1 saturated heterocycles. The molecule has 0 aliphatic carbocycles. The molecule has 1 aliphatic rings. The van der Waals surface area contributed by atoms with E-state index in [4.69, 9.17) is 9.26 Å². The molecule has 1 N–H and O–H groups in total. The zero-order chi connectivity index (χ0) is 16.7. The molecule has 0 saturated carbocycles. The molecule has 0 aromatic carbocycles. The van der Waals surface area contributed by atoms with E-state index in [0.29, 0.717) is 24.2 Å². The average Bonchev–Trinajstić information content (AvgIpc) is 3.00. The van der Waals surface area contributed by atoms with Crippen molar-refractivity contribution in [1.82, 2.24) is 20.4 Å². The van der Waals surface area contributed by atoms with E-state index in [1.165, 1.54) is 19.3 Å². The van der Waals surface area contributed by atoms with Crippen LogP contribution in [0.25, 0.3) is 0 Å². The second-order valence-corrected chi connectivity index (χ2v) is 7.03. The minimum atomic E-state index is -0.109. The summed E-state index contributed by atoms with van der Waals surface area (Å²) in [5, 5.41) is 7.31. The van der Waals surface area contributed by atoms with Crippen molar-refractivity contribution >= 4 is 0 Å². The van der Waals surface area contributed by atoms with Crippen LogP contribution >= 0.6 is 0 Å². The van der Waals surface area contributed by atoms with Crippen LogP contribution in [0.4, 0.5) is 0 Å². The van der Waals surface area contributed by atoms with Crippen LogP contribution in [0, 0.1) is 11.8 Å². The van der Waals surface area contributed by atoms with Gasteiger partial charge in [0.1, 0.15) is 6.10 Å². The maximum absolute atomic E-state index is 5.74. The van der Waals surface area contributed by atoms with Gasteiger partial charge in [-0.25, -0.2) is 0 Å². The standard InChI is InChI=1S/C17H32N4O2/c1-13(2)12-22-14(3)17-19-16(23-20-17)11-21-9-6-15(7-10-21)5-8-18-4/h13-15,18H,5-12H2,1-4H3. The van der Waals surface area contributed by atoms with Gasteiger partial charge in [-0.15, -0.1) is 0 Å². The first-order valence-corrected chi connectivity index (χ1v) is 8.89. The molecular formula is C17H32N4O2. The van der Waals surface area contributed by atoms with Gasteiger partial charge in [-0.05, 0) is 64.7 Å². The van der Waals surface area contributed by atoms with Crippen LogP contribution in [0.15, 0.2) is 4.52 Å². The lowest BCUT2D eigenvalue weighted by molar-refractivity contribution is 0.0402. The minimum Gasteiger partial charge on any atom is -0.370 e. The third-order valence-corrected chi connectivity index (χ3v) is 4.40. The Bertz CT molecular complexity index is 442. The summed E-state index contributed by atoms with van der Waals surface area (Å²) in [6, 6.07) is 0. The lowest BCUT2D eigenvalue weighted by Crippen LogP contribution is -2.34. The SMILES string of the molecule is CNCCC1CCN(Cc2nc(C(C)OCC(C)C)no2)CC1. The van der Waals surface area contributed by atoms with Crippen molar-refractivity contribution in [3.05, 3.63) is 11.7 Å². The highest BCUT2D eigenvalue weighted by Crippen LogP contribution is 2.21. The third kappa shape index (κ3) is 6.20. The highest BCUT2D eigenvalue weighted by atomic mass is 16.5. The van der Waals surface area contributed by atoms with Crippen molar-refractivity contribution in [2.45, 2.75) is 52.7 Å². The van der Waals surface area contributed by atoms with E-state index in [1.807, 2.05) is 14.0 Å². The number of hydrogen-bond donors (Lipinski definition) is 1.